The highest BCUT2D eigenvalue weighted by molar-refractivity contribution is 5.81. The molecule has 1 unspecified atom stereocenters. The number of methoxy groups -OCH3 is 1. The van der Waals surface area contributed by atoms with Crippen molar-refractivity contribution in [3.8, 4) is 11.5 Å². The maximum atomic E-state index is 12.1. The number of likely N-dealkylation sites (tertiary alicyclic amines) is 1. The third kappa shape index (κ3) is 3.87. The molecule has 2 amide bonds. The molecule has 1 aliphatic rings. The number of hydrogen-bond donors (Lipinski definition) is 1. The van der Waals surface area contributed by atoms with E-state index in [9.17, 15) is 9.59 Å². The number of hydrogen-bond acceptors (Lipinski definition) is 4. The van der Waals surface area contributed by atoms with Gasteiger partial charge in [0.05, 0.1) is 13.0 Å². The molecule has 1 heterocycles. The number of nitrogens with zero attached hydrogens (tertiary/aromatic N) is 1. The lowest BCUT2D eigenvalue weighted by molar-refractivity contribution is -0.136. The second kappa shape index (κ2) is 6.97. The Labute approximate surface area is 123 Å². The molecular formula is C15H20N2O4. The van der Waals surface area contributed by atoms with Crippen molar-refractivity contribution in [2.45, 2.75) is 12.8 Å². The van der Waals surface area contributed by atoms with E-state index in [1.54, 1.807) is 24.1 Å². The molecule has 0 saturated carbocycles. The number of rotatable bonds is 5. The molecular weight excluding hydrogens is 272 g/mol. The third-order valence-corrected chi connectivity index (χ3v) is 3.60. The van der Waals surface area contributed by atoms with Crippen LogP contribution in [-0.2, 0) is 9.59 Å². The SMILES string of the molecule is COc1ccccc1OCC(=O)N1CCCC(C(N)=O)C1. The van der Waals surface area contributed by atoms with Gasteiger partial charge in [-0.1, -0.05) is 12.1 Å². The maximum Gasteiger partial charge on any atom is 0.260 e. The van der Waals surface area contributed by atoms with E-state index < -0.39 is 0 Å². The van der Waals surface area contributed by atoms with E-state index in [4.69, 9.17) is 15.2 Å². The fraction of sp³-hybridized carbons (Fsp3) is 0.467. The molecule has 114 valence electrons. The molecule has 1 aliphatic heterocycles. The van der Waals surface area contributed by atoms with Crippen LogP contribution in [0.15, 0.2) is 24.3 Å². The van der Waals surface area contributed by atoms with Crippen molar-refractivity contribution in [3.05, 3.63) is 24.3 Å². The number of benzene rings is 1. The first kappa shape index (κ1) is 15.2. The molecule has 0 aliphatic carbocycles. The summed E-state index contributed by atoms with van der Waals surface area (Å²) < 4.78 is 10.7. The molecule has 6 heteroatoms. The van der Waals surface area contributed by atoms with Crippen LogP contribution in [0, 0.1) is 5.92 Å². The van der Waals surface area contributed by atoms with E-state index in [2.05, 4.69) is 0 Å². The van der Waals surface area contributed by atoms with Gasteiger partial charge in [0.1, 0.15) is 0 Å². The van der Waals surface area contributed by atoms with Gasteiger partial charge in [-0.2, -0.15) is 0 Å². The standard InChI is InChI=1S/C15H20N2O4/c1-20-12-6-2-3-7-13(12)21-10-14(18)17-8-4-5-11(9-17)15(16)19/h2-3,6-7,11H,4-5,8-10H2,1H3,(H2,16,19). The van der Waals surface area contributed by atoms with Crippen molar-refractivity contribution < 1.29 is 19.1 Å². The third-order valence-electron chi connectivity index (χ3n) is 3.60. The van der Waals surface area contributed by atoms with Crippen LogP contribution in [0.3, 0.4) is 0 Å². The topological polar surface area (TPSA) is 81.9 Å². The largest absolute Gasteiger partial charge is 0.493 e. The molecule has 0 spiro atoms. The van der Waals surface area contributed by atoms with Crippen molar-refractivity contribution >= 4 is 11.8 Å². The van der Waals surface area contributed by atoms with Crippen LogP contribution in [0.4, 0.5) is 0 Å². The monoisotopic (exact) mass is 292 g/mol. The summed E-state index contributed by atoms with van der Waals surface area (Å²) in [6, 6.07) is 7.15. The molecule has 21 heavy (non-hydrogen) atoms. The number of nitrogens with two attached hydrogens (primary N) is 1. The Kier molecular flexibility index (Phi) is 5.03. The van der Waals surface area contributed by atoms with E-state index in [0.29, 0.717) is 24.6 Å². The van der Waals surface area contributed by atoms with Crippen molar-refractivity contribution in [2.75, 3.05) is 26.8 Å². The lowest BCUT2D eigenvalue weighted by Gasteiger charge is -2.31. The predicted octanol–water partition coefficient (Wildman–Crippen LogP) is 0.798. The van der Waals surface area contributed by atoms with E-state index in [1.807, 2.05) is 12.1 Å². The second-order valence-electron chi connectivity index (χ2n) is 5.02. The fourth-order valence-electron chi connectivity index (χ4n) is 2.40. The van der Waals surface area contributed by atoms with Gasteiger partial charge < -0.3 is 20.1 Å². The Morgan fingerprint density at radius 2 is 2.05 bits per heavy atom. The molecule has 1 atom stereocenters. The van der Waals surface area contributed by atoms with Gasteiger partial charge in [0.2, 0.25) is 5.91 Å². The van der Waals surface area contributed by atoms with Crippen LogP contribution in [-0.4, -0.2) is 43.5 Å². The summed E-state index contributed by atoms with van der Waals surface area (Å²) in [7, 11) is 1.55. The zero-order valence-corrected chi connectivity index (χ0v) is 12.1. The Balaban J connectivity index is 1.91. The fourth-order valence-corrected chi connectivity index (χ4v) is 2.40. The first-order chi connectivity index (χ1) is 10.1. The number of carbonyl (C=O) groups excluding carboxylic acids is 2. The number of para-hydroxylation sites is 2. The van der Waals surface area contributed by atoms with Gasteiger partial charge in [0, 0.05) is 13.1 Å². The van der Waals surface area contributed by atoms with Crippen LogP contribution in [0.1, 0.15) is 12.8 Å². The smallest absolute Gasteiger partial charge is 0.260 e. The van der Waals surface area contributed by atoms with Gasteiger partial charge in [-0.05, 0) is 25.0 Å². The summed E-state index contributed by atoms with van der Waals surface area (Å²) in [5.41, 5.74) is 5.31. The average Bonchev–Trinajstić information content (AvgIpc) is 2.52. The number of ether oxygens (including phenoxy) is 2. The van der Waals surface area contributed by atoms with E-state index in [0.717, 1.165) is 12.8 Å². The van der Waals surface area contributed by atoms with Crippen LogP contribution < -0.4 is 15.2 Å². The lowest BCUT2D eigenvalue weighted by atomic mass is 9.97. The molecule has 0 aromatic heterocycles. The second-order valence-corrected chi connectivity index (χ2v) is 5.02. The molecule has 1 aromatic rings. The Bertz CT molecular complexity index is 518. The number of piperidine rings is 1. The summed E-state index contributed by atoms with van der Waals surface area (Å²) in [5, 5.41) is 0. The first-order valence-electron chi connectivity index (χ1n) is 6.94. The molecule has 0 radical (unpaired) electrons. The predicted molar refractivity (Wildman–Crippen MR) is 77.0 cm³/mol. The molecule has 2 rings (SSSR count). The van der Waals surface area contributed by atoms with Gasteiger partial charge >= 0.3 is 0 Å². The van der Waals surface area contributed by atoms with Crippen molar-refractivity contribution in [1.29, 1.82) is 0 Å². The number of amides is 2. The number of carbonyl (C=O) groups is 2. The van der Waals surface area contributed by atoms with Gasteiger partial charge in [0.25, 0.3) is 5.91 Å². The quantitative estimate of drug-likeness (QED) is 0.870. The molecule has 2 N–H and O–H groups in total. The Morgan fingerprint density at radius 3 is 2.71 bits per heavy atom. The van der Waals surface area contributed by atoms with Crippen molar-refractivity contribution in [3.63, 3.8) is 0 Å². The zero-order chi connectivity index (χ0) is 15.2. The average molecular weight is 292 g/mol. The van der Waals surface area contributed by atoms with Gasteiger partial charge in [-0.25, -0.2) is 0 Å². The Morgan fingerprint density at radius 1 is 1.33 bits per heavy atom. The normalized spacial score (nSPS) is 18.1. The van der Waals surface area contributed by atoms with E-state index >= 15 is 0 Å². The molecule has 1 aromatic carbocycles. The van der Waals surface area contributed by atoms with E-state index in [-0.39, 0.29) is 24.3 Å². The minimum Gasteiger partial charge on any atom is -0.493 e. The molecule has 1 saturated heterocycles. The summed E-state index contributed by atoms with van der Waals surface area (Å²) in [4.78, 5) is 25.0. The maximum absolute atomic E-state index is 12.1. The highest BCUT2D eigenvalue weighted by atomic mass is 16.5. The van der Waals surface area contributed by atoms with Gasteiger partial charge in [0.15, 0.2) is 18.1 Å². The zero-order valence-electron chi connectivity index (χ0n) is 12.1. The van der Waals surface area contributed by atoms with Gasteiger partial charge in [-0.15, -0.1) is 0 Å². The first-order valence-corrected chi connectivity index (χ1v) is 6.94. The molecule has 0 bridgehead atoms. The van der Waals surface area contributed by atoms with Crippen LogP contribution in [0.5, 0.6) is 11.5 Å². The summed E-state index contributed by atoms with van der Waals surface area (Å²) >= 11 is 0. The van der Waals surface area contributed by atoms with Crippen LogP contribution >= 0.6 is 0 Å². The van der Waals surface area contributed by atoms with Crippen molar-refractivity contribution in [1.82, 2.24) is 4.90 Å². The van der Waals surface area contributed by atoms with Crippen LogP contribution in [0.25, 0.3) is 0 Å². The van der Waals surface area contributed by atoms with Gasteiger partial charge in [-0.3, -0.25) is 9.59 Å². The highest BCUT2D eigenvalue weighted by Crippen LogP contribution is 2.26. The minimum absolute atomic E-state index is 0.0775. The molecule has 6 nitrogen and oxygen atoms in total. The minimum atomic E-state index is -0.349. The van der Waals surface area contributed by atoms with Crippen LogP contribution in [0.2, 0.25) is 0 Å². The summed E-state index contributed by atoms with van der Waals surface area (Å²) in [6.07, 6.45) is 1.53. The summed E-state index contributed by atoms with van der Waals surface area (Å²) in [5.74, 6) is 0.356. The molecule has 1 fully saturated rings. The number of primary amides is 1. The lowest BCUT2D eigenvalue weighted by Crippen LogP contribution is -2.45. The van der Waals surface area contributed by atoms with Crippen molar-refractivity contribution in [2.24, 2.45) is 11.7 Å². The summed E-state index contributed by atoms with van der Waals surface area (Å²) in [6.45, 7) is 0.938. The van der Waals surface area contributed by atoms with E-state index in [1.165, 1.54) is 0 Å². The Hall–Kier alpha value is -2.24. The highest BCUT2D eigenvalue weighted by Gasteiger charge is 2.27.